The number of carbonyl (C=O) groups is 1. The van der Waals surface area contributed by atoms with Crippen molar-refractivity contribution in [2.75, 3.05) is 13.1 Å². The van der Waals surface area contributed by atoms with Crippen LogP contribution in [0.2, 0.25) is 0 Å². The van der Waals surface area contributed by atoms with Gasteiger partial charge in [0.1, 0.15) is 4.21 Å². The quantitative estimate of drug-likeness (QED) is 0.615. The van der Waals surface area contributed by atoms with E-state index >= 15 is 0 Å². The van der Waals surface area contributed by atoms with Crippen molar-refractivity contribution in [2.45, 2.75) is 30.5 Å². The molecule has 0 saturated carbocycles. The molecule has 0 unspecified atom stereocenters. The number of hydrogen-bond acceptors (Lipinski definition) is 8. The molecule has 3 aromatic rings. The van der Waals surface area contributed by atoms with E-state index in [0.29, 0.717) is 43.2 Å². The number of pyridine rings is 1. The summed E-state index contributed by atoms with van der Waals surface area (Å²) in [7, 11) is -3.70. The van der Waals surface area contributed by atoms with Gasteiger partial charge in [0, 0.05) is 49.9 Å². The molecule has 158 valence electrons. The summed E-state index contributed by atoms with van der Waals surface area (Å²) in [5.41, 5.74) is 1.49. The van der Waals surface area contributed by atoms with Crippen LogP contribution in [0.5, 0.6) is 0 Å². The third-order valence-corrected chi connectivity index (χ3v) is 8.18. The SMILES string of the molecule is Cc1nc(-c2csc(S(=O)(=O)N3CCC[C@@H](C(=O)NCc4cccnc4)C3)c2)no1. The van der Waals surface area contributed by atoms with Crippen molar-refractivity contribution >= 4 is 27.3 Å². The first-order valence-corrected chi connectivity index (χ1v) is 11.8. The van der Waals surface area contributed by atoms with E-state index in [1.165, 1.54) is 4.31 Å². The highest BCUT2D eigenvalue weighted by molar-refractivity contribution is 7.91. The second kappa shape index (κ2) is 8.62. The van der Waals surface area contributed by atoms with Gasteiger partial charge in [-0.15, -0.1) is 11.3 Å². The second-order valence-electron chi connectivity index (χ2n) is 7.07. The van der Waals surface area contributed by atoms with E-state index in [-0.39, 0.29) is 22.6 Å². The molecule has 1 N–H and O–H groups in total. The highest BCUT2D eigenvalue weighted by Crippen LogP contribution is 2.31. The smallest absolute Gasteiger partial charge is 0.252 e. The number of aromatic nitrogens is 3. The van der Waals surface area contributed by atoms with Crippen LogP contribution < -0.4 is 5.32 Å². The first-order valence-electron chi connectivity index (χ1n) is 9.49. The predicted octanol–water partition coefficient (Wildman–Crippen LogP) is 2.22. The molecular formula is C19H21N5O4S2. The fourth-order valence-electron chi connectivity index (χ4n) is 3.32. The number of aryl methyl sites for hydroxylation is 1. The maximum Gasteiger partial charge on any atom is 0.252 e. The Labute approximate surface area is 178 Å². The number of nitrogens with one attached hydrogen (secondary N) is 1. The van der Waals surface area contributed by atoms with Crippen LogP contribution in [0.1, 0.15) is 24.3 Å². The number of thiophene rings is 1. The molecular weight excluding hydrogens is 426 g/mol. The standard InChI is InChI=1S/C19H21N5O4S2/c1-13-22-18(23-28-13)16-8-17(29-12-16)30(26,27)24-7-3-5-15(11-24)19(25)21-10-14-4-2-6-20-9-14/h2,4,6,8-9,12,15H,3,5,7,10-11H2,1H3,(H,21,25)/t15-/m1/s1. The molecule has 0 spiro atoms. The van der Waals surface area contributed by atoms with Gasteiger partial charge in [-0.1, -0.05) is 11.2 Å². The van der Waals surface area contributed by atoms with Gasteiger partial charge >= 0.3 is 0 Å². The molecule has 0 bridgehead atoms. The van der Waals surface area contributed by atoms with Crippen molar-refractivity contribution in [3.05, 3.63) is 47.4 Å². The fourth-order valence-corrected chi connectivity index (χ4v) is 6.16. The summed E-state index contributed by atoms with van der Waals surface area (Å²) in [5, 5.41) is 8.41. The first-order chi connectivity index (χ1) is 14.4. The number of nitrogens with zero attached hydrogens (tertiary/aromatic N) is 4. The van der Waals surface area contributed by atoms with Crippen LogP contribution in [0.3, 0.4) is 0 Å². The predicted molar refractivity (Wildman–Crippen MR) is 110 cm³/mol. The van der Waals surface area contributed by atoms with E-state index in [2.05, 4.69) is 20.4 Å². The summed E-state index contributed by atoms with van der Waals surface area (Å²) >= 11 is 1.11. The molecule has 1 fully saturated rings. The molecule has 0 aliphatic carbocycles. The van der Waals surface area contributed by atoms with Gasteiger partial charge in [0.15, 0.2) is 0 Å². The van der Waals surface area contributed by atoms with Crippen LogP contribution in [-0.2, 0) is 21.4 Å². The van der Waals surface area contributed by atoms with Crippen molar-refractivity contribution in [1.82, 2.24) is 24.7 Å². The summed E-state index contributed by atoms with van der Waals surface area (Å²) in [6.07, 6.45) is 4.65. The summed E-state index contributed by atoms with van der Waals surface area (Å²) < 4.78 is 32.8. The van der Waals surface area contributed by atoms with Crippen LogP contribution in [-0.4, -0.2) is 46.8 Å². The third-order valence-electron chi connectivity index (χ3n) is 4.90. The van der Waals surface area contributed by atoms with Crippen LogP contribution in [0, 0.1) is 12.8 Å². The number of amides is 1. The van der Waals surface area contributed by atoms with Crippen molar-refractivity contribution in [3.8, 4) is 11.4 Å². The lowest BCUT2D eigenvalue weighted by Gasteiger charge is -2.30. The van der Waals surface area contributed by atoms with E-state index in [0.717, 1.165) is 16.9 Å². The summed E-state index contributed by atoms with van der Waals surface area (Å²) in [6, 6.07) is 5.24. The Hall–Kier alpha value is -2.63. The largest absolute Gasteiger partial charge is 0.352 e. The lowest BCUT2D eigenvalue weighted by molar-refractivity contribution is -0.126. The van der Waals surface area contributed by atoms with Crippen LogP contribution in [0.4, 0.5) is 0 Å². The highest BCUT2D eigenvalue weighted by Gasteiger charge is 2.34. The molecule has 9 nitrogen and oxygen atoms in total. The van der Waals surface area contributed by atoms with Crippen LogP contribution in [0.15, 0.2) is 44.7 Å². The molecule has 1 aliphatic rings. The highest BCUT2D eigenvalue weighted by atomic mass is 32.2. The summed E-state index contributed by atoms with van der Waals surface area (Å²) in [6.45, 7) is 2.60. The number of rotatable bonds is 6. The Balaban J connectivity index is 1.43. The van der Waals surface area contributed by atoms with Gasteiger partial charge in [-0.2, -0.15) is 9.29 Å². The number of piperidine rings is 1. The topological polar surface area (TPSA) is 118 Å². The van der Waals surface area contributed by atoms with Crippen LogP contribution in [0.25, 0.3) is 11.4 Å². The van der Waals surface area contributed by atoms with Crippen molar-refractivity contribution in [1.29, 1.82) is 0 Å². The summed E-state index contributed by atoms with van der Waals surface area (Å²) in [4.78, 5) is 20.8. The number of carbonyl (C=O) groups excluding carboxylic acids is 1. The molecule has 11 heteroatoms. The van der Waals surface area contributed by atoms with E-state index in [1.807, 2.05) is 12.1 Å². The Morgan fingerprint density at radius 1 is 1.43 bits per heavy atom. The van der Waals surface area contributed by atoms with Gasteiger partial charge in [0.25, 0.3) is 10.0 Å². The van der Waals surface area contributed by atoms with E-state index in [9.17, 15) is 13.2 Å². The van der Waals surface area contributed by atoms with E-state index < -0.39 is 10.0 Å². The van der Waals surface area contributed by atoms with Crippen molar-refractivity contribution in [3.63, 3.8) is 0 Å². The molecule has 1 saturated heterocycles. The normalized spacial score (nSPS) is 17.7. The molecule has 0 aromatic carbocycles. The minimum Gasteiger partial charge on any atom is -0.352 e. The molecule has 3 aromatic heterocycles. The zero-order valence-electron chi connectivity index (χ0n) is 16.3. The van der Waals surface area contributed by atoms with Gasteiger partial charge in [-0.3, -0.25) is 9.78 Å². The van der Waals surface area contributed by atoms with Gasteiger partial charge in [-0.05, 0) is 30.5 Å². The van der Waals surface area contributed by atoms with Crippen LogP contribution >= 0.6 is 11.3 Å². The van der Waals surface area contributed by atoms with E-state index in [1.54, 1.807) is 30.8 Å². The monoisotopic (exact) mass is 447 g/mol. The third kappa shape index (κ3) is 4.42. The average molecular weight is 448 g/mol. The minimum absolute atomic E-state index is 0.145. The zero-order chi connectivity index (χ0) is 21.1. The van der Waals surface area contributed by atoms with Gasteiger partial charge < -0.3 is 9.84 Å². The van der Waals surface area contributed by atoms with Crippen molar-refractivity contribution < 1.29 is 17.7 Å². The van der Waals surface area contributed by atoms with Crippen molar-refractivity contribution in [2.24, 2.45) is 5.92 Å². The molecule has 0 radical (unpaired) electrons. The first kappa shape index (κ1) is 20.6. The van der Waals surface area contributed by atoms with Gasteiger partial charge in [0.05, 0.1) is 5.92 Å². The Bertz CT molecular complexity index is 1130. The maximum atomic E-state index is 13.1. The molecule has 1 aliphatic heterocycles. The zero-order valence-corrected chi connectivity index (χ0v) is 17.9. The van der Waals surface area contributed by atoms with E-state index in [4.69, 9.17) is 4.52 Å². The maximum absolute atomic E-state index is 13.1. The minimum atomic E-state index is -3.70. The molecule has 1 amide bonds. The Kier molecular flexibility index (Phi) is 5.93. The molecule has 30 heavy (non-hydrogen) atoms. The summed E-state index contributed by atoms with van der Waals surface area (Å²) in [5.74, 6) is 0.241. The molecule has 4 heterocycles. The van der Waals surface area contributed by atoms with Gasteiger partial charge in [-0.25, -0.2) is 8.42 Å². The molecule has 1 atom stereocenters. The number of hydrogen-bond donors (Lipinski definition) is 1. The fraction of sp³-hybridized carbons (Fsp3) is 0.368. The molecule has 4 rings (SSSR count). The lowest BCUT2D eigenvalue weighted by Crippen LogP contribution is -2.45. The average Bonchev–Trinajstić information content (AvgIpc) is 3.42. The lowest BCUT2D eigenvalue weighted by atomic mass is 9.99. The Morgan fingerprint density at radius 2 is 2.30 bits per heavy atom. The second-order valence-corrected chi connectivity index (χ2v) is 10.1. The Morgan fingerprint density at radius 3 is 3.03 bits per heavy atom. The van der Waals surface area contributed by atoms with Gasteiger partial charge in [0.2, 0.25) is 17.6 Å². The number of sulfonamides is 1.